The molecule has 4 aromatic rings. The lowest BCUT2D eigenvalue weighted by molar-refractivity contribution is -0.140. The molecule has 4 rings (SSSR count). The summed E-state index contributed by atoms with van der Waals surface area (Å²) in [6, 6.07) is 28.8. The van der Waals surface area contributed by atoms with Gasteiger partial charge in [0.25, 0.3) is 10.0 Å². The number of anilines is 1. The normalized spacial score (nSPS) is 12.6. The monoisotopic (exact) mass is 615 g/mol. The van der Waals surface area contributed by atoms with Crippen LogP contribution in [0.5, 0.6) is 0 Å². The third-order valence-corrected chi connectivity index (χ3v) is 9.26. The molecule has 0 spiro atoms. The Balaban J connectivity index is 1.81. The Kier molecular flexibility index (Phi) is 10.9. The van der Waals surface area contributed by atoms with Crippen molar-refractivity contribution in [2.75, 3.05) is 10.8 Å². The van der Waals surface area contributed by atoms with Gasteiger partial charge in [0.1, 0.15) is 18.4 Å². The van der Waals surface area contributed by atoms with Gasteiger partial charge in [-0.25, -0.2) is 12.8 Å². The van der Waals surface area contributed by atoms with Crippen molar-refractivity contribution >= 4 is 27.5 Å². The van der Waals surface area contributed by atoms with E-state index in [2.05, 4.69) is 5.32 Å². The summed E-state index contributed by atoms with van der Waals surface area (Å²) in [5.74, 6) is -1.58. The van der Waals surface area contributed by atoms with Crippen molar-refractivity contribution < 1.29 is 22.4 Å². The maximum atomic E-state index is 15.0. The molecule has 0 radical (unpaired) electrons. The summed E-state index contributed by atoms with van der Waals surface area (Å²) in [6.07, 6.45) is 0.820. The van der Waals surface area contributed by atoms with Gasteiger partial charge in [0, 0.05) is 24.6 Å². The van der Waals surface area contributed by atoms with Crippen LogP contribution in [0, 0.1) is 12.7 Å². The van der Waals surface area contributed by atoms with Gasteiger partial charge in [-0.15, -0.1) is 0 Å². The predicted octanol–water partition coefficient (Wildman–Crippen LogP) is 5.88. The van der Waals surface area contributed by atoms with Gasteiger partial charge >= 0.3 is 0 Å². The van der Waals surface area contributed by atoms with E-state index in [1.807, 2.05) is 57.2 Å². The van der Waals surface area contributed by atoms with Crippen molar-refractivity contribution in [2.45, 2.75) is 57.1 Å². The molecule has 230 valence electrons. The summed E-state index contributed by atoms with van der Waals surface area (Å²) in [7, 11) is -4.20. The fraction of sp³-hybridized carbons (Fsp3) is 0.257. The largest absolute Gasteiger partial charge is 0.352 e. The van der Waals surface area contributed by atoms with E-state index >= 15 is 4.39 Å². The number of nitrogens with one attached hydrogen (secondary N) is 1. The summed E-state index contributed by atoms with van der Waals surface area (Å²) < 4.78 is 44.1. The first-order valence-electron chi connectivity index (χ1n) is 14.6. The van der Waals surface area contributed by atoms with Crippen LogP contribution in [0.15, 0.2) is 114 Å². The Labute approximate surface area is 259 Å². The minimum Gasteiger partial charge on any atom is -0.352 e. The van der Waals surface area contributed by atoms with Gasteiger partial charge in [0.2, 0.25) is 11.8 Å². The minimum atomic E-state index is -4.20. The number of halogens is 1. The predicted molar refractivity (Wildman–Crippen MR) is 171 cm³/mol. The Morgan fingerprint density at radius 3 is 2.14 bits per heavy atom. The standard InChI is InChI=1S/C35H38FN3O4S/c1-4-27(3)37-35(41)33(23-28-15-7-5-8-16-28)38(24-29-17-11-12-21-32(29)36)34(40)25-39(30-18-13-14-26(2)22-30)44(42,43)31-19-9-6-10-20-31/h5-22,27,33H,4,23-25H2,1-3H3,(H,37,41). The molecule has 0 bridgehead atoms. The van der Waals surface area contributed by atoms with E-state index in [0.717, 1.165) is 15.4 Å². The Bertz CT molecular complexity index is 1670. The molecular formula is C35H38FN3O4S. The molecule has 0 aromatic heterocycles. The Hall–Kier alpha value is -4.50. The molecule has 0 saturated carbocycles. The molecule has 0 heterocycles. The van der Waals surface area contributed by atoms with E-state index in [4.69, 9.17) is 0 Å². The zero-order chi connectivity index (χ0) is 31.7. The van der Waals surface area contributed by atoms with Gasteiger partial charge < -0.3 is 10.2 Å². The Morgan fingerprint density at radius 2 is 1.50 bits per heavy atom. The number of amides is 2. The molecule has 7 nitrogen and oxygen atoms in total. The van der Waals surface area contributed by atoms with Crippen LogP contribution in [0.4, 0.5) is 10.1 Å². The van der Waals surface area contributed by atoms with Crippen LogP contribution in [-0.4, -0.2) is 43.8 Å². The van der Waals surface area contributed by atoms with Crippen LogP contribution >= 0.6 is 0 Å². The summed E-state index contributed by atoms with van der Waals surface area (Å²) in [5.41, 5.74) is 2.12. The zero-order valence-corrected chi connectivity index (χ0v) is 26.0. The smallest absolute Gasteiger partial charge is 0.264 e. The van der Waals surface area contributed by atoms with Crippen molar-refractivity contribution in [1.29, 1.82) is 0 Å². The fourth-order valence-corrected chi connectivity index (χ4v) is 6.26. The van der Waals surface area contributed by atoms with Crippen molar-refractivity contribution in [3.8, 4) is 0 Å². The summed E-state index contributed by atoms with van der Waals surface area (Å²) in [4.78, 5) is 29.6. The first-order chi connectivity index (χ1) is 21.1. The van der Waals surface area contributed by atoms with E-state index in [1.54, 1.807) is 54.6 Å². The lowest BCUT2D eigenvalue weighted by atomic mass is 10.0. The second-order valence-electron chi connectivity index (χ2n) is 10.8. The molecule has 0 aliphatic carbocycles. The lowest BCUT2D eigenvalue weighted by Crippen LogP contribution is -2.54. The van der Waals surface area contributed by atoms with Gasteiger partial charge in [-0.05, 0) is 61.7 Å². The zero-order valence-electron chi connectivity index (χ0n) is 25.2. The highest BCUT2D eigenvalue weighted by Crippen LogP contribution is 2.26. The number of benzene rings is 4. The molecule has 0 saturated heterocycles. The van der Waals surface area contributed by atoms with E-state index < -0.39 is 40.2 Å². The summed E-state index contributed by atoms with van der Waals surface area (Å²) in [6.45, 7) is 4.80. The van der Waals surface area contributed by atoms with Crippen molar-refractivity contribution in [1.82, 2.24) is 10.2 Å². The van der Waals surface area contributed by atoms with Crippen LogP contribution in [0.3, 0.4) is 0 Å². The number of aryl methyl sites for hydroxylation is 1. The minimum absolute atomic E-state index is 0.0188. The average Bonchev–Trinajstić information content (AvgIpc) is 3.03. The van der Waals surface area contributed by atoms with Gasteiger partial charge in [0.15, 0.2) is 0 Å². The third kappa shape index (κ3) is 8.11. The molecule has 0 aliphatic rings. The number of hydrogen-bond donors (Lipinski definition) is 1. The summed E-state index contributed by atoms with van der Waals surface area (Å²) >= 11 is 0. The second kappa shape index (κ2) is 14.8. The van der Waals surface area contributed by atoms with Crippen LogP contribution in [-0.2, 0) is 32.6 Å². The molecule has 44 heavy (non-hydrogen) atoms. The summed E-state index contributed by atoms with van der Waals surface area (Å²) in [5, 5.41) is 2.98. The van der Waals surface area contributed by atoms with E-state index in [1.165, 1.54) is 23.1 Å². The number of nitrogens with zero attached hydrogens (tertiary/aromatic N) is 2. The molecule has 4 aromatic carbocycles. The quantitative estimate of drug-likeness (QED) is 0.203. The molecule has 2 atom stereocenters. The van der Waals surface area contributed by atoms with Gasteiger partial charge in [0.05, 0.1) is 10.6 Å². The van der Waals surface area contributed by atoms with Gasteiger partial charge in [-0.2, -0.15) is 0 Å². The maximum absolute atomic E-state index is 15.0. The maximum Gasteiger partial charge on any atom is 0.264 e. The van der Waals surface area contributed by atoms with Crippen molar-refractivity contribution in [3.05, 3.63) is 132 Å². The highest BCUT2D eigenvalue weighted by Gasteiger charge is 2.35. The molecule has 9 heteroatoms. The number of sulfonamides is 1. The molecule has 0 fully saturated rings. The highest BCUT2D eigenvalue weighted by molar-refractivity contribution is 7.92. The number of carbonyl (C=O) groups is 2. The van der Waals surface area contributed by atoms with Crippen LogP contribution < -0.4 is 9.62 Å². The number of rotatable bonds is 13. The molecule has 2 unspecified atom stereocenters. The van der Waals surface area contributed by atoms with Crippen LogP contribution in [0.2, 0.25) is 0 Å². The first-order valence-corrected chi connectivity index (χ1v) is 16.1. The van der Waals surface area contributed by atoms with Gasteiger partial charge in [-0.1, -0.05) is 85.8 Å². The first kappa shape index (κ1) is 32.4. The van der Waals surface area contributed by atoms with Crippen molar-refractivity contribution in [2.24, 2.45) is 0 Å². The lowest BCUT2D eigenvalue weighted by Gasteiger charge is -2.34. The van der Waals surface area contributed by atoms with E-state index in [-0.39, 0.29) is 29.5 Å². The average molecular weight is 616 g/mol. The molecular weight excluding hydrogens is 577 g/mol. The van der Waals surface area contributed by atoms with Gasteiger partial charge in [-0.3, -0.25) is 13.9 Å². The molecule has 0 aliphatic heterocycles. The SMILES string of the molecule is CCC(C)NC(=O)C(Cc1ccccc1)N(Cc1ccccc1F)C(=O)CN(c1cccc(C)c1)S(=O)(=O)c1ccccc1. The highest BCUT2D eigenvalue weighted by atomic mass is 32.2. The topological polar surface area (TPSA) is 86.8 Å². The van der Waals surface area contributed by atoms with Crippen LogP contribution in [0.1, 0.15) is 37.0 Å². The second-order valence-corrected chi connectivity index (χ2v) is 12.7. The van der Waals surface area contributed by atoms with E-state index in [0.29, 0.717) is 12.1 Å². The van der Waals surface area contributed by atoms with Crippen LogP contribution in [0.25, 0.3) is 0 Å². The molecule has 2 amide bonds. The Morgan fingerprint density at radius 1 is 0.864 bits per heavy atom. The number of carbonyl (C=O) groups excluding carboxylic acids is 2. The van der Waals surface area contributed by atoms with E-state index in [9.17, 15) is 18.0 Å². The number of hydrogen-bond acceptors (Lipinski definition) is 4. The van der Waals surface area contributed by atoms with Crippen molar-refractivity contribution in [3.63, 3.8) is 0 Å². The third-order valence-electron chi connectivity index (χ3n) is 7.47. The molecule has 1 N–H and O–H groups in total. The fourth-order valence-electron chi connectivity index (χ4n) is 4.84.